The monoisotopic (exact) mass is 968 g/mol. The van der Waals surface area contributed by atoms with Crippen molar-refractivity contribution in [3.63, 3.8) is 0 Å². The number of halogens is 2. The van der Waals surface area contributed by atoms with Gasteiger partial charge in [0, 0.05) is 0 Å². The molecular formula is C52H52Cl2MoP4. The molecule has 0 amide bonds. The van der Waals surface area contributed by atoms with Crippen LogP contribution in [0.25, 0.3) is 0 Å². The third-order valence-electron chi connectivity index (χ3n) is 9.15. The molecule has 8 aromatic rings. The van der Waals surface area contributed by atoms with Crippen LogP contribution in [0.3, 0.4) is 0 Å². The fourth-order valence-electron chi connectivity index (χ4n) is 5.81. The summed E-state index contributed by atoms with van der Waals surface area (Å²) in [6.07, 6.45) is 0. The molecule has 8 rings (SSSR count). The fraction of sp³-hybridized carbons (Fsp3) is 0.0769. The zero-order valence-electron chi connectivity index (χ0n) is 34.0. The van der Waals surface area contributed by atoms with Crippen LogP contribution in [0.5, 0.6) is 0 Å². The SMILES string of the molecule is CP(c1ccccc1)c1ccccc1.CP(c1ccccc1)c1ccccc1.CP(c1ccccc1)c1ccccc1.CP(c1ccccc1)c1ccccc1.[Cl][Mo][Cl]. The van der Waals surface area contributed by atoms with Gasteiger partial charge in [-0.3, -0.25) is 0 Å². The summed E-state index contributed by atoms with van der Waals surface area (Å²) in [5.41, 5.74) is 0. The third kappa shape index (κ3) is 17.7. The normalized spacial score (nSPS) is 10.2. The van der Waals surface area contributed by atoms with E-state index in [4.69, 9.17) is 18.8 Å². The molecule has 8 aromatic carbocycles. The van der Waals surface area contributed by atoms with E-state index in [0.717, 1.165) is 0 Å². The van der Waals surface area contributed by atoms with Crippen molar-refractivity contribution in [2.75, 3.05) is 26.7 Å². The molecule has 0 N–H and O–H groups in total. The molecule has 0 atom stereocenters. The summed E-state index contributed by atoms with van der Waals surface area (Å²) in [6, 6.07) is 85.6. The Labute approximate surface area is 375 Å². The van der Waals surface area contributed by atoms with Gasteiger partial charge in [-0.2, -0.15) is 0 Å². The molecule has 0 bridgehead atoms. The van der Waals surface area contributed by atoms with E-state index in [1.807, 2.05) is 0 Å². The van der Waals surface area contributed by atoms with Gasteiger partial charge in [-0.15, -0.1) is 0 Å². The molecule has 300 valence electrons. The van der Waals surface area contributed by atoms with Crippen molar-refractivity contribution in [3.8, 4) is 0 Å². The van der Waals surface area contributed by atoms with Crippen LogP contribution >= 0.6 is 50.5 Å². The van der Waals surface area contributed by atoms with E-state index < -0.39 is 16.5 Å². The van der Waals surface area contributed by atoms with Crippen LogP contribution in [0, 0.1) is 0 Å². The summed E-state index contributed by atoms with van der Waals surface area (Å²) in [6.45, 7) is 9.22. The zero-order valence-corrected chi connectivity index (χ0v) is 41.1. The van der Waals surface area contributed by atoms with Gasteiger partial charge in [-0.1, -0.05) is 243 Å². The van der Waals surface area contributed by atoms with E-state index in [9.17, 15) is 0 Å². The van der Waals surface area contributed by atoms with E-state index in [1.54, 1.807) is 0 Å². The van der Waals surface area contributed by atoms with Gasteiger partial charge in [0.05, 0.1) is 0 Å². The molecule has 0 radical (unpaired) electrons. The number of hydrogen-bond donors (Lipinski definition) is 0. The minimum absolute atomic E-state index is 0.171. The van der Waals surface area contributed by atoms with Crippen molar-refractivity contribution in [2.45, 2.75) is 0 Å². The van der Waals surface area contributed by atoms with Crippen molar-refractivity contribution in [1.29, 1.82) is 0 Å². The molecule has 7 heteroatoms. The van der Waals surface area contributed by atoms with E-state index in [2.05, 4.69) is 269 Å². The van der Waals surface area contributed by atoms with E-state index in [1.165, 1.54) is 42.4 Å². The second-order valence-corrected chi connectivity index (χ2v) is 24.6. The first-order valence-electron chi connectivity index (χ1n) is 19.2. The zero-order chi connectivity index (χ0) is 41.9. The molecule has 0 aliphatic carbocycles. The van der Waals surface area contributed by atoms with Gasteiger partial charge >= 0.3 is 35.3 Å². The van der Waals surface area contributed by atoms with Crippen LogP contribution in [0.4, 0.5) is 0 Å². The molecule has 59 heavy (non-hydrogen) atoms. The molecule has 0 fully saturated rings. The van der Waals surface area contributed by atoms with Crippen LogP contribution in [0.2, 0.25) is 0 Å². The molecule has 0 aliphatic heterocycles. The van der Waals surface area contributed by atoms with Crippen LogP contribution in [0.1, 0.15) is 0 Å². The minimum atomic E-state index is -0.586. The van der Waals surface area contributed by atoms with Gasteiger partial charge in [-0.25, -0.2) is 0 Å². The molecule has 0 spiro atoms. The maximum absolute atomic E-state index is 4.89. The first-order valence-corrected chi connectivity index (χ1v) is 31.5. The molecule has 0 aromatic heterocycles. The van der Waals surface area contributed by atoms with E-state index >= 15 is 0 Å². The van der Waals surface area contributed by atoms with Crippen molar-refractivity contribution in [2.24, 2.45) is 0 Å². The van der Waals surface area contributed by atoms with Crippen molar-refractivity contribution < 1.29 is 16.5 Å². The summed E-state index contributed by atoms with van der Waals surface area (Å²) >= 11 is -0.586. The van der Waals surface area contributed by atoms with Gasteiger partial charge in [0.15, 0.2) is 0 Å². The molecular weight excluding hydrogens is 915 g/mol. The Morgan fingerprint density at radius 3 is 0.390 bits per heavy atom. The molecule has 0 heterocycles. The van der Waals surface area contributed by atoms with Crippen LogP contribution < -0.4 is 42.4 Å². The first kappa shape index (κ1) is 48.4. The van der Waals surface area contributed by atoms with Crippen LogP contribution in [0.15, 0.2) is 243 Å². The Kier molecular flexibility index (Phi) is 23.9. The third-order valence-corrected chi connectivity index (χ3v) is 17.7. The van der Waals surface area contributed by atoms with Crippen LogP contribution in [-0.2, 0) is 16.5 Å². The number of hydrogen-bond acceptors (Lipinski definition) is 0. The van der Waals surface area contributed by atoms with Gasteiger partial charge < -0.3 is 0 Å². The summed E-state index contributed by atoms with van der Waals surface area (Å²) < 4.78 is 0. The quantitative estimate of drug-likeness (QED) is 0.105. The number of benzene rings is 8. The molecule has 0 nitrogen and oxygen atoms in total. The van der Waals surface area contributed by atoms with E-state index in [0.29, 0.717) is 0 Å². The fourth-order valence-corrected chi connectivity index (χ4v) is 12.0. The predicted molar refractivity (Wildman–Crippen MR) is 272 cm³/mol. The second kappa shape index (κ2) is 29.1. The van der Waals surface area contributed by atoms with Gasteiger partial charge in [0.1, 0.15) is 0 Å². The summed E-state index contributed by atoms with van der Waals surface area (Å²) in [4.78, 5) is 0. The Hall–Kier alpha value is -3.25. The van der Waals surface area contributed by atoms with Crippen molar-refractivity contribution in [3.05, 3.63) is 243 Å². The standard InChI is InChI=1S/4C13H13P.2ClH.Mo/c4*1-14(12-8-4-2-5-9-12)13-10-6-3-7-11-13;;;/h4*2-11H,1H3;2*1H;/q;;;;;;+2/p-2. The molecule has 0 aliphatic rings. The Morgan fingerprint density at radius 1 is 0.220 bits per heavy atom. The summed E-state index contributed by atoms with van der Waals surface area (Å²) in [5.74, 6) is 0. The van der Waals surface area contributed by atoms with Crippen molar-refractivity contribution in [1.82, 2.24) is 0 Å². The van der Waals surface area contributed by atoms with Gasteiger partial charge in [0.25, 0.3) is 0 Å². The Morgan fingerprint density at radius 2 is 0.305 bits per heavy atom. The van der Waals surface area contributed by atoms with Gasteiger partial charge in [0.2, 0.25) is 0 Å². The summed E-state index contributed by atoms with van der Waals surface area (Å²) in [5, 5.41) is 11.5. The van der Waals surface area contributed by atoms with Crippen molar-refractivity contribution >= 4 is 93.0 Å². The van der Waals surface area contributed by atoms with Gasteiger partial charge in [-0.05, 0) is 101 Å². The van der Waals surface area contributed by atoms with E-state index in [-0.39, 0.29) is 31.7 Å². The topological polar surface area (TPSA) is 0 Å². The first-order chi connectivity index (χ1) is 28.9. The average Bonchev–Trinajstić information content (AvgIpc) is 3.33. The summed E-state index contributed by atoms with van der Waals surface area (Å²) in [7, 11) is 9.10. The average molecular weight is 968 g/mol. The number of rotatable bonds is 8. The predicted octanol–water partition coefficient (Wildman–Crippen LogP) is 12.4. The molecule has 0 saturated carbocycles. The Balaban J connectivity index is 0.000000170. The molecule has 0 unspecified atom stereocenters. The van der Waals surface area contributed by atoms with Crippen LogP contribution in [-0.4, -0.2) is 26.7 Å². The maximum atomic E-state index is 4.89. The second-order valence-electron chi connectivity index (χ2n) is 13.0. The Bertz CT molecular complexity index is 1730. The molecule has 0 saturated heterocycles.